The van der Waals surface area contributed by atoms with Crippen LogP contribution < -0.4 is 4.90 Å². The van der Waals surface area contributed by atoms with Gasteiger partial charge in [0.1, 0.15) is 11.1 Å². The van der Waals surface area contributed by atoms with Crippen molar-refractivity contribution in [3.8, 4) is 6.07 Å². The Balaban J connectivity index is 3.14. The van der Waals surface area contributed by atoms with E-state index in [2.05, 4.69) is 33.4 Å². The third-order valence-electron chi connectivity index (χ3n) is 2.92. The van der Waals surface area contributed by atoms with Crippen LogP contribution in [0.4, 0.5) is 5.00 Å². The van der Waals surface area contributed by atoms with E-state index < -0.39 is 5.97 Å². The fraction of sp³-hybridized carbons (Fsp3) is 0.467. The molecule has 0 aliphatic carbocycles. The fourth-order valence-corrected chi connectivity index (χ4v) is 3.19. The summed E-state index contributed by atoms with van der Waals surface area (Å²) in [6, 6.07) is 2.26. The van der Waals surface area contributed by atoms with E-state index in [9.17, 15) is 10.1 Å². The number of nitrogens with zero attached hydrogens (tertiary/aromatic N) is 2. The van der Waals surface area contributed by atoms with Crippen molar-refractivity contribution in [1.82, 2.24) is 0 Å². The third kappa shape index (κ3) is 3.84. The molecule has 0 aliphatic rings. The van der Waals surface area contributed by atoms with Gasteiger partial charge in [-0.25, -0.2) is 0 Å². The van der Waals surface area contributed by atoms with Gasteiger partial charge in [0.2, 0.25) is 0 Å². The summed E-state index contributed by atoms with van der Waals surface area (Å²) in [6.07, 6.45) is 1.76. The largest absolute Gasteiger partial charge is 0.481 e. The second-order valence-corrected chi connectivity index (χ2v) is 6.43. The Labute approximate surface area is 124 Å². The van der Waals surface area contributed by atoms with Gasteiger partial charge in [-0.2, -0.15) is 5.26 Å². The molecule has 0 amide bonds. The van der Waals surface area contributed by atoms with Crippen LogP contribution in [0.5, 0.6) is 0 Å². The summed E-state index contributed by atoms with van der Waals surface area (Å²) in [5, 5.41) is 21.1. The minimum Gasteiger partial charge on any atom is -0.481 e. The highest BCUT2D eigenvalue weighted by molar-refractivity contribution is 7.14. The van der Waals surface area contributed by atoms with Crippen LogP contribution in [0.1, 0.15) is 38.3 Å². The van der Waals surface area contributed by atoms with E-state index in [0.717, 1.165) is 10.6 Å². The lowest BCUT2D eigenvalue weighted by Gasteiger charge is -2.22. The van der Waals surface area contributed by atoms with Crippen LogP contribution in [0.25, 0.3) is 0 Å². The number of nitriles is 1. The summed E-state index contributed by atoms with van der Waals surface area (Å²) >= 11 is 1.49. The summed E-state index contributed by atoms with van der Waals surface area (Å²) in [4.78, 5) is 12.6. The molecule has 0 atom stereocenters. The Hall–Kier alpha value is -1.80. The van der Waals surface area contributed by atoms with Crippen molar-refractivity contribution in [3.63, 3.8) is 0 Å². The molecule has 0 aromatic carbocycles. The van der Waals surface area contributed by atoms with Crippen LogP contribution in [0.2, 0.25) is 0 Å². The molecule has 108 valence electrons. The van der Waals surface area contributed by atoms with Gasteiger partial charge in [-0.3, -0.25) is 4.79 Å². The van der Waals surface area contributed by atoms with E-state index in [-0.39, 0.29) is 11.8 Å². The zero-order valence-electron chi connectivity index (χ0n) is 12.1. The van der Waals surface area contributed by atoms with Gasteiger partial charge in [0.15, 0.2) is 0 Å². The molecule has 1 N–H and O–H groups in total. The maximum atomic E-state index is 10.7. The highest BCUT2D eigenvalue weighted by Gasteiger charge is 2.24. The first-order valence-corrected chi connectivity index (χ1v) is 7.29. The normalized spacial score (nSPS) is 10.9. The van der Waals surface area contributed by atoms with Crippen LogP contribution >= 0.6 is 11.3 Å². The molecule has 5 heteroatoms. The van der Waals surface area contributed by atoms with Gasteiger partial charge in [0.25, 0.3) is 0 Å². The summed E-state index contributed by atoms with van der Waals surface area (Å²) in [5.74, 6) is -0.842. The maximum Gasteiger partial charge on any atom is 0.305 e. The molecular formula is C15H20N2O2S. The van der Waals surface area contributed by atoms with Crippen molar-refractivity contribution in [2.75, 3.05) is 18.0 Å². The summed E-state index contributed by atoms with van der Waals surface area (Å²) in [6.45, 7) is 10.8. The van der Waals surface area contributed by atoms with Crippen LogP contribution in [0.15, 0.2) is 18.0 Å². The van der Waals surface area contributed by atoms with Crippen LogP contribution in [0.3, 0.4) is 0 Å². The molecule has 0 unspecified atom stereocenters. The number of rotatable bonds is 6. The summed E-state index contributed by atoms with van der Waals surface area (Å²) in [7, 11) is 0. The van der Waals surface area contributed by atoms with Crippen molar-refractivity contribution in [1.29, 1.82) is 5.26 Å². The molecule has 0 saturated heterocycles. The Bertz CT molecular complexity index is 535. The topological polar surface area (TPSA) is 64.3 Å². The minimum atomic E-state index is -0.842. The Morgan fingerprint density at radius 2 is 2.25 bits per heavy atom. The quantitative estimate of drug-likeness (QED) is 0.816. The predicted octanol–water partition coefficient (Wildman–Crippen LogP) is 3.38. The van der Waals surface area contributed by atoms with E-state index >= 15 is 0 Å². The van der Waals surface area contributed by atoms with E-state index in [1.165, 1.54) is 11.3 Å². The number of aliphatic carboxylic acids is 1. The highest BCUT2D eigenvalue weighted by atomic mass is 32.1. The fourth-order valence-electron chi connectivity index (χ4n) is 1.90. The number of thiophene rings is 1. The lowest BCUT2D eigenvalue weighted by molar-refractivity contribution is -0.136. The second kappa shape index (κ2) is 6.58. The first-order valence-electron chi connectivity index (χ1n) is 6.41. The van der Waals surface area contributed by atoms with Gasteiger partial charge >= 0.3 is 5.97 Å². The van der Waals surface area contributed by atoms with Gasteiger partial charge in [0.05, 0.1) is 12.0 Å². The number of hydrogen-bond donors (Lipinski definition) is 1. The molecular weight excluding hydrogens is 272 g/mol. The Morgan fingerprint density at radius 1 is 1.60 bits per heavy atom. The zero-order valence-corrected chi connectivity index (χ0v) is 13.0. The first-order chi connectivity index (χ1) is 9.31. The molecule has 1 heterocycles. The van der Waals surface area contributed by atoms with Crippen molar-refractivity contribution in [3.05, 3.63) is 29.2 Å². The van der Waals surface area contributed by atoms with E-state index in [1.807, 2.05) is 10.3 Å². The smallest absolute Gasteiger partial charge is 0.305 e. The van der Waals surface area contributed by atoms with Crippen LogP contribution in [-0.4, -0.2) is 24.2 Å². The molecule has 0 saturated carbocycles. The van der Waals surface area contributed by atoms with Crippen molar-refractivity contribution in [2.24, 2.45) is 0 Å². The van der Waals surface area contributed by atoms with Crippen LogP contribution in [0, 0.1) is 11.3 Å². The molecule has 0 aliphatic heterocycles. The van der Waals surface area contributed by atoms with E-state index in [4.69, 9.17) is 5.11 Å². The average molecular weight is 292 g/mol. The summed E-state index contributed by atoms with van der Waals surface area (Å²) in [5.41, 5.74) is 1.55. The van der Waals surface area contributed by atoms with Crippen LogP contribution in [-0.2, 0) is 10.2 Å². The molecule has 0 radical (unpaired) electrons. The second-order valence-electron chi connectivity index (χ2n) is 5.57. The number of carbonyl (C=O) groups is 1. The SMILES string of the molecule is C=CCN(CCC(=O)O)c1scc(C(C)(C)C)c1C#N. The molecule has 0 bridgehead atoms. The first kappa shape index (κ1) is 16.3. The van der Waals surface area contributed by atoms with Crippen molar-refractivity contribution >= 4 is 22.3 Å². The maximum absolute atomic E-state index is 10.7. The molecule has 1 aromatic rings. The highest BCUT2D eigenvalue weighted by Crippen LogP contribution is 2.37. The van der Waals surface area contributed by atoms with Gasteiger partial charge in [-0.05, 0) is 16.4 Å². The number of carboxylic acids is 1. The number of carboxylic acid groups (broad SMARTS) is 1. The van der Waals surface area contributed by atoms with E-state index in [1.54, 1.807) is 6.08 Å². The zero-order chi connectivity index (χ0) is 15.3. The minimum absolute atomic E-state index is 0.0431. The monoisotopic (exact) mass is 292 g/mol. The number of anilines is 1. The van der Waals surface area contributed by atoms with Crippen molar-refractivity contribution in [2.45, 2.75) is 32.6 Å². The number of hydrogen-bond acceptors (Lipinski definition) is 4. The molecule has 1 aromatic heterocycles. The van der Waals surface area contributed by atoms with Crippen molar-refractivity contribution < 1.29 is 9.90 Å². The third-order valence-corrected chi connectivity index (χ3v) is 3.96. The van der Waals surface area contributed by atoms with Gasteiger partial charge < -0.3 is 10.0 Å². The molecule has 0 spiro atoms. The standard InChI is InChI=1S/C15H20N2O2S/c1-5-7-17(8-6-13(18)19)14-11(9-16)12(10-20-14)15(2,3)4/h5,10H,1,6-8H2,2-4H3,(H,18,19). The molecule has 4 nitrogen and oxygen atoms in total. The van der Waals surface area contributed by atoms with Gasteiger partial charge in [-0.1, -0.05) is 26.8 Å². The lowest BCUT2D eigenvalue weighted by Crippen LogP contribution is -2.26. The average Bonchev–Trinajstić information content (AvgIpc) is 2.77. The Kier molecular flexibility index (Phi) is 5.34. The lowest BCUT2D eigenvalue weighted by atomic mass is 9.86. The molecule has 1 rings (SSSR count). The predicted molar refractivity (Wildman–Crippen MR) is 82.4 cm³/mol. The van der Waals surface area contributed by atoms with E-state index in [0.29, 0.717) is 18.7 Å². The molecule has 20 heavy (non-hydrogen) atoms. The summed E-state index contributed by atoms with van der Waals surface area (Å²) < 4.78 is 0. The molecule has 0 fully saturated rings. The van der Waals surface area contributed by atoms with Gasteiger partial charge in [-0.15, -0.1) is 17.9 Å². The Morgan fingerprint density at radius 3 is 2.70 bits per heavy atom. The van der Waals surface area contributed by atoms with Gasteiger partial charge in [0, 0.05) is 13.1 Å².